The highest BCUT2D eigenvalue weighted by atomic mass is 16.3. The molecular weight excluding hydrogens is 637 g/mol. The van der Waals surface area contributed by atoms with Crippen LogP contribution in [0.3, 0.4) is 0 Å². The van der Waals surface area contributed by atoms with Crippen molar-refractivity contribution in [3.8, 4) is 11.5 Å². The zero-order chi connectivity index (χ0) is 35.2. The van der Waals surface area contributed by atoms with Gasteiger partial charge in [0.1, 0.15) is 35.3 Å². The van der Waals surface area contributed by atoms with E-state index in [-0.39, 0.29) is 11.5 Å². The summed E-state index contributed by atoms with van der Waals surface area (Å²) in [5, 5.41) is 42.2. The zero-order valence-electron chi connectivity index (χ0n) is 28.8. The first-order valence-electron chi connectivity index (χ1n) is 17.2. The second kappa shape index (κ2) is 15.1. The summed E-state index contributed by atoms with van der Waals surface area (Å²) < 4.78 is 8.74. The van der Waals surface area contributed by atoms with Gasteiger partial charge in [0.15, 0.2) is 37.9 Å². The molecule has 3 heterocycles. The predicted octanol–water partition coefficient (Wildman–Crippen LogP) is 8.70. The molecular formula is C41H41N8O2+3. The number of hydrogen-bond donors (Lipinski definition) is 2. The Morgan fingerprint density at radius 3 is 1.53 bits per heavy atom. The second-order valence-electron chi connectivity index (χ2n) is 12.9. The van der Waals surface area contributed by atoms with E-state index >= 15 is 0 Å². The lowest BCUT2D eigenvalue weighted by molar-refractivity contribution is -0.726. The number of hydrogen-bond acceptors (Lipinski definition) is 6. The van der Waals surface area contributed by atoms with Gasteiger partial charge in [0.05, 0.1) is 24.5 Å². The summed E-state index contributed by atoms with van der Waals surface area (Å²) >= 11 is 0. The molecule has 3 aromatic heterocycles. The van der Waals surface area contributed by atoms with Crippen LogP contribution in [0.25, 0.3) is 21.5 Å². The van der Waals surface area contributed by atoms with Crippen LogP contribution >= 0.6 is 0 Å². The fourth-order valence-corrected chi connectivity index (χ4v) is 6.14. The van der Waals surface area contributed by atoms with E-state index in [1.165, 1.54) is 0 Å². The summed E-state index contributed by atoms with van der Waals surface area (Å²) in [5.41, 5.74) is 4.65. The molecule has 10 heteroatoms. The van der Waals surface area contributed by atoms with E-state index < -0.39 is 0 Å². The Bertz CT molecular complexity index is 2190. The minimum Gasteiger partial charge on any atom is -0.506 e. The summed E-state index contributed by atoms with van der Waals surface area (Å²) in [5.74, 6) is 0.240. The van der Waals surface area contributed by atoms with Crippen LogP contribution in [0.5, 0.6) is 11.5 Å². The van der Waals surface area contributed by atoms with Gasteiger partial charge in [-0.3, -0.25) is 0 Å². The number of phenols is 2. The third kappa shape index (κ3) is 8.13. The first kappa shape index (κ1) is 33.2. The fraction of sp³-hybridized carbons (Fsp3) is 0.195. The van der Waals surface area contributed by atoms with Crippen LogP contribution in [0.1, 0.15) is 24.0 Å². The Hall–Kier alpha value is -6.29. The van der Waals surface area contributed by atoms with Crippen molar-refractivity contribution in [3.05, 3.63) is 140 Å². The van der Waals surface area contributed by atoms with Crippen LogP contribution in [-0.4, -0.2) is 14.8 Å². The second-order valence-corrected chi connectivity index (χ2v) is 12.9. The molecule has 10 nitrogen and oxygen atoms in total. The van der Waals surface area contributed by atoms with Crippen LogP contribution in [-0.2, 0) is 26.2 Å². The first-order chi connectivity index (χ1) is 24.9. The number of benzene rings is 4. The van der Waals surface area contributed by atoms with E-state index in [9.17, 15) is 10.2 Å². The third-order valence-electron chi connectivity index (χ3n) is 8.94. The number of aromatic nitrogens is 4. The van der Waals surface area contributed by atoms with Crippen LogP contribution in [0, 0.1) is 13.8 Å². The Balaban J connectivity index is 0.860. The molecule has 0 saturated heterocycles. The number of phenolic OH excluding ortho intramolecular Hbond substituents is 2. The van der Waals surface area contributed by atoms with E-state index in [0.717, 1.165) is 83.1 Å². The minimum atomic E-state index is 0.120. The maximum atomic E-state index is 10.4. The molecule has 0 amide bonds. The van der Waals surface area contributed by atoms with Gasteiger partial charge in [-0.05, 0) is 48.9 Å². The maximum absolute atomic E-state index is 10.4. The van der Waals surface area contributed by atoms with Gasteiger partial charge in [0.25, 0.3) is 0 Å². The average Bonchev–Trinajstić information content (AvgIpc) is 3.59. The number of fused-ring (bicyclic) bond motifs is 2. The van der Waals surface area contributed by atoms with Crippen LogP contribution < -0.4 is 13.7 Å². The van der Waals surface area contributed by atoms with Gasteiger partial charge in [-0.1, -0.05) is 47.5 Å². The molecule has 51 heavy (non-hydrogen) atoms. The summed E-state index contributed by atoms with van der Waals surface area (Å²) in [6.07, 6.45) is 16.5. The standard InChI is InChI=1S/C41H39N8O2/c1-30-5-7-32-9-11-38(50)40(36(32)27-30)44-42-34-13-21-46(22-14-34)17-3-19-48-25-26-49(29-48)20-4-18-47-23-15-35(16-24-47)43-45-41-37-28-31(2)6-8-33(37)10-12-39(41)51/h5-16,21-29H,3-4,17-20H2,1-2H3/q+1/p+2. The first-order valence-corrected chi connectivity index (χ1v) is 17.2. The predicted molar refractivity (Wildman–Crippen MR) is 196 cm³/mol. The van der Waals surface area contributed by atoms with E-state index in [1.807, 2.05) is 111 Å². The van der Waals surface area contributed by atoms with Crippen LogP contribution in [0.2, 0.25) is 0 Å². The lowest BCUT2D eigenvalue weighted by atomic mass is 10.1. The van der Waals surface area contributed by atoms with Crippen molar-refractivity contribution in [2.75, 3.05) is 0 Å². The van der Waals surface area contributed by atoms with Gasteiger partial charge in [-0.25, -0.2) is 18.3 Å². The molecule has 0 fully saturated rings. The normalized spacial score (nSPS) is 11.8. The quantitative estimate of drug-likeness (QED) is 0.0998. The number of azo groups is 2. The Labute approximate surface area is 296 Å². The summed E-state index contributed by atoms with van der Waals surface area (Å²) in [7, 11) is 0. The van der Waals surface area contributed by atoms with Crippen molar-refractivity contribution < 1.29 is 23.9 Å². The van der Waals surface area contributed by atoms with Gasteiger partial charge in [0, 0.05) is 47.9 Å². The Morgan fingerprint density at radius 2 is 1.00 bits per heavy atom. The van der Waals surface area contributed by atoms with Gasteiger partial charge in [-0.2, -0.15) is 0 Å². The molecule has 0 spiro atoms. The minimum absolute atomic E-state index is 0.120. The van der Waals surface area contributed by atoms with Crippen molar-refractivity contribution in [2.45, 2.75) is 52.9 Å². The highest BCUT2D eigenvalue weighted by Crippen LogP contribution is 2.37. The molecule has 0 radical (unpaired) electrons. The van der Waals surface area contributed by atoms with Crippen LogP contribution in [0.15, 0.2) is 149 Å². The highest BCUT2D eigenvalue weighted by molar-refractivity contribution is 5.96. The molecule has 0 bridgehead atoms. The average molecular weight is 678 g/mol. The fourth-order valence-electron chi connectivity index (χ4n) is 6.14. The number of pyridine rings is 2. The maximum Gasteiger partial charge on any atom is 0.243 e. The lowest BCUT2D eigenvalue weighted by Gasteiger charge is -2.05. The van der Waals surface area contributed by atoms with Crippen molar-refractivity contribution in [1.29, 1.82) is 0 Å². The number of rotatable bonds is 12. The molecule has 0 unspecified atom stereocenters. The molecule has 0 aliphatic rings. The molecule has 254 valence electrons. The Kier molecular flexibility index (Phi) is 9.82. The summed E-state index contributed by atoms with van der Waals surface area (Å²) in [6, 6.07) is 27.1. The summed E-state index contributed by atoms with van der Waals surface area (Å²) in [6.45, 7) is 7.65. The number of aryl methyl sites for hydroxylation is 6. The van der Waals surface area contributed by atoms with E-state index in [1.54, 1.807) is 12.1 Å². The SMILES string of the molecule is Cc1ccc2ccc(O)c(N=Nc3cc[n+](CCCn4cc[n+](CCC[n+]5ccc(N=Nc6c(O)ccc7ccc(C)cc67)cc5)c4)cc3)c2c1. The highest BCUT2D eigenvalue weighted by Gasteiger charge is 2.11. The smallest absolute Gasteiger partial charge is 0.243 e. The number of nitrogens with zero attached hydrogens (tertiary/aromatic N) is 8. The number of imidazole rings is 1. The lowest BCUT2D eigenvalue weighted by Crippen LogP contribution is -2.37. The van der Waals surface area contributed by atoms with Crippen molar-refractivity contribution in [2.24, 2.45) is 20.5 Å². The van der Waals surface area contributed by atoms with Crippen molar-refractivity contribution in [3.63, 3.8) is 0 Å². The number of aromatic hydroxyl groups is 2. The largest absolute Gasteiger partial charge is 0.506 e. The molecule has 0 aliphatic heterocycles. The molecule has 4 aromatic carbocycles. The topological polar surface area (TPSA) is 106 Å². The van der Waals surface area contributed by atoms with Crippen molar-refractivity contribution >= 4 is 44.3 Å². The van der Waals surface area contributed by atoms with Gasteiger partial charge in [-0.15, -0.1) is 20.5 Å². The molecule has 7 rings (SSSR count). The molecule has 2 N–H and O–H groups in total. The van der Waals surface area contributed by atoms with Gasteiger partial charge in [0.2, 0.25) is 6.33 Å². The van der Waals surface area contributed by atoms with Gasteiger partial charge < -0.3 is 10.2 Å². The molecule has 0 atom stereocenters. The third-order valence-corrected chi connectivity index (χ3v) is 8.94. The van der Waals surface area contributed by atoms with E-state index in [4.69, 9.17) is 0 Å². The monoisotopic (exact) mass is 677 g/mol. The van der Waals surface area contributed by atoms with E-state index in [2.05, 4.69) is 57.4 Å². The summed E-state index contributed by atoms with van der Waals surface area (Å²) in [4.78, 5) is 0. The zero-order valence-corrected chi connectivity index (χ0v) is 28.8. The molecule has 7 aromatic rings. The Morgan fingerprint density at radius 1 is 0.529 bits per heavy atom. The molecule has 0 saturated carbocycles. The van der Waals surface area contributed by atoms with Gasteiger partial charge >= 0.3 is 0 Å². The van der Waals surface area contributed by atoms with E-state index in [0.29, 0.717) is 11.4 Å². The molecule has 0 aliphatic carbocycles. The van der Waals surface area contributed by atoms with Crippen molar-refractivity contribution in [1.82, 2.24) is 4.57 Å². The van der Waals surface area contributed by atoms with Crippen LogP contribution in [0.4, 0.5) is 22.7 Å².